The number of nitrogens with zero attached hydrogens (tertiary/aromatic N) is 2. The second-order valence-electron chi connectivity index (χ2n) is 9.22. The van der Waals surface area contributed by atoms with Gasteiger partial charge in [-0.3, -0.25) is 4.98 Å². The lowest BCUT2D eigenvalue weighted by molar-refractivity contribution is -0.277. The minimum atomic E-state index is -5.13. The lowest BCUT2D eigenvalue weighted by atomic mass is 9.93. The number of nitrogen functional groups attached to an aromatic ring is 1. The zero-order valence-electron chi connectivity index (χ0n) is 20.0. The average molecular weight is 599 g/mol. The van der Waals surface area contributed by atoms with Crippen molar-refractivity contribution in [2.75, 3.05) is 12.3 Å². The topological polar surface area (TPSA) is 138 Å². The molecule has 206 valence electrons. The zero-order valence-corrected chi connectivity index (χ0v) is 22.4. The molecule has 3 heterocycles. The molecule has 5 N–H and O–H groups in total. The van der Waals surface area contributed by atoms with Crippen LogP contribution in [0.5, 0.6) is 0 Å². The lowest BCUT2D eigenvalue weighted by Gasteiger charge is -2.29. The van der Waals surface area contributed by atoms with Gasteiger partial charge in [-0.15, -0.1) is 11.3 Å². The van der Waals surface area contributed by atoms with Crippen LogP contribution < -0.4 is 10.5 Å². The van der Waals surface area contributed by atoms with Gasteiger partial charge in [-0.2, -0.15) is 13.2 Å². The molecule has 39 heavy (non-hydrogen) atoms. The highest BCUT2D eigenvalue weighted by molar-refractivity contribution is 7.90. The van der Waals surface area contributed by atoms with Crippen LogP contribution in [0.4, 0.5) is 19.0 Å². The average Bonchev–Trinajstić information content (AvgIpc) is 3.67. The number of aromatic nitrogens is 2. The van der Waals surface area contributed by atoms with Gasteiger partial charge in [-0.05, 0) is 54.1 Å². The van der Waals surface area contributed by atoms with Crippen LogP contribution in [0.3, 0.4) is 0 Å². The highest BCUT2D eigenvalue weighted by atomic mass is 35.5. The summed E-state index contributed by atoms with van der Waals surface area (Å²) in [5, 5.41) is 20.0. The molecular weight excluding hydrogens is 577 g/mol. The number of alkyl halides is 3. The number of hydrogen-bond acceptors (Lipinski definition) is 8. The highest BCUT2D eigenvalue weighted by Gasteiger charge is 2.55. The van der Waals surface area contributed by atoms with E-state index in [0.717, 1.165) is 18.3 Å². The maximum atomic E-state index is 13.6. The summed E-state index contributed by atoms with van der Waals surface area (Å²) < 4.78 is 69.9. The van der Waals surface area contributed by atoms with Gasteiger partial charge < -0.3 is 15.9 Å². The molecule has 4 aromatic rings. The van der Waals surface area contributed by atoms with E-state index in [4.69, 9.17) is 17.3 Å². The van der Waals surface area contributed by atoms with Gasteiger partial charge in [-0.25, -0.2) is 18.1 Å². The third kappa shape index (κ3) is 5.22. The Morgan fingerprint density at radius 3 is 2.59 bits per heavy atom. The number of nitrogens with two attached hydrogens (primary N) is 1. The van der Waals surface area contributed by atoms with Crippen molar-refractivity contribution in [3.8, 4) is 11.3 Å². The van der Waals surface area contributed by atoms with Crippen LogP contribution in [0.15, 0.2) is 54.7 Å². The number of aliphatic hydroxyl groups excluding tert-OH is 1. The molecule has 1 unspecified atom stereocenters. The minimum Gasteiger partial charge on any atom is -0.393 e. The van der Waals surface area contributed by atoms with Crippen molar-refractivity contribution in [3.05, 3.63) is 75.9 Å². The molecule has 1 aromatic carbocycles. The summed E-state index contributed by atoms with van der Waals surface area (Å²) in [7, 11) is -3.70. The summed E-state index contributed by atoms with van der Waals surface area (Å²) in [4.78, 5) is 9.02. The van der Waals surface area contributed by atoms with E-state index in [9.17, 15) is 31.8 Å². The van der Waals surface area contributed by atoms with Gasteiger partial charge in [0.05, 0.1) is 34.3 Å². The van der Waals surface area contributed by atoms with Crippen molar-refractivity contribution in [1.29, 1.82) is 0 Å². The number of aliphatic hydroxyl groups is 2. The Morgan fingerprint density at radius 1 is 1.18 bits per heavy atom. The van der Waals surface area contributed by atoms with E-state index in [1.165, 1.54) is 23.5 Å². The Kier molecular flexibility index (Phi) is 7.10. The minimum absolute atomic E-state index is 0.123. The van der Waals surface area contributed by atoms with E-state index >= 15 is 0 Å². The standard InChI is InChI=1S/C25H22ClF3N4O4S2/c26-17-6-7-20(30)32-21(17)22(33-39(36,37)15-4-5-15)19-10-13-2-1-3-16(23(13)38-19)18-11-14(8-9-31-18)24(35,12-34)25(27,28)29/h1-3,6-11,15,22,33-35H,4-5,12H2,(H2,30,32)/t22?,24-/m0/s1. The van der Waals surface area contributed by atoms with Crippen LogP contribution in [-0.2, 0) is 15.6 Å². The Balaban J connectivity index is 1.64. The molecule has 0 amide bonds. The second-order valence-corrected chi connectivity index (χ2v) is 12.7. The fourth-order valence-electron chi connectivity index (χ4n) is 4.17. The van der Waals surface area contributed by atoms with Gasteiger partial charge in [0.1, 0.15) is 5.82 Å². The Hall–Kier alpha value is -2.81. The molecule has 8 nitrogen and oxygen atoms in total. The number of benzene rings is 1. The van der Waals surface area contributed by atoms with E-state index < -0.39 is 45.3 Å². The van der Waals surface area contributed by atoms with Crippen molar-refractivity contribution in [1.82, 2.24) is 14.7 Å². The molecule has 0 bridgehead atoms. The summed E-state index contributed by atoms with van der Waals surface area (Å²) in [5.41, 5.74) is 2.62. The first-order chi connectivity index (χ1) is 18.3. The number of thiophene rings is 1. The Bertz CT molecular complexity index is 1660. The van der Waals surface area contributed by atoms with E-state index in [0.29, 0.717) is 33.4 Å². The van der Waals surface area contributed by atoms with Gasteiger partial charge in [0.15, 0.2) is 0 Å². The Morgan fingerprint density at radius 2 is 1.92 bits per heavy atom. The largest absolute Gasteiger partial charge is 0.423 e. The molecular formula is C25H22ClF3N4O4S2. The van der Waals surface area contributed by atoms with Gasteiger partial charge >= 0.3 is 6.18 Å². The molecule has 3 aromatic heterocycles. The first kappa shape index (κ1) is 27.7. The van der Waals surface area contributed by atoms with Gasteiger partial charge in [-0.1, -0.05) is 29.8 Å². The quantitative estimate of drug-likeness (QED) is 0.234. The van der Waals surface area contributed by atoms with Crippen molar-refractivity contribution < 1.29 is 31.8 Å². The molecule has 1 aliphatic rings. The molecule has 0 aliphatic heterocycles. The number of nitrogens with one attached hydrogen (secondary N) is 1. The smallest absolute Gasteiger partial charge is 0.393 e. The van der Waals surface area contributed by atoms with E-state index in [-0.39, 0.29) is 22.2 Å². The second kappa shape index (κ2) is 9.98. The third-order valence-corrected chi connectivity index (χ3v) is 9.95. The maximum absolute atomic E-state index is 13.6. The molecule has 0 spiro atoms. The van der Waals surface area contributed by atoms with Crippen LogP contribution in [0.2, 0.25) is 5.02 Å². The van der Waals surface area contributed by atoms with Crippen molar-refractivity contribution >= 4 is 48.9 Å². The van der Waals surface area contributed by atoms with Crippen LogP contribution in [0.25, 0.3) is 21.3 Å². The van der Waals surface area contributed by atoms with Crippen LogP contribution in [-0.4, -0.2) is 46.6 Å². The number of rotatable bonds is 8. The number of sulfonamides is 1. The van der Waals surface area contributed by atoms with Crippen LogP contribution in [0, 0.1) is 0 Å². The maximum Gasteiger partial charge on any atom is 0.423 e. The van der Waals surface area contributed by atoms with Crippen molar-refractivity contribution in [2.24, 2.45) is 0 Å². The molecule has 5 rings (SSSR count). The molecule has 2 atom stereocenters. The molecule has 1 aliphatic carbocycles. The summed E-state index contributed by atoms with van der Waals surface area (Å²) in [5.74, 6) is 0.147. The fourth-order valence-corrected chi connectivity index (χ4v) is 7.21. The highest BCUT2D eigenvalue weighted by Crippen LogP contribution is 2.43. The summed E-state index contributed by atoms with van der Waals surface area (Å²) in [6.07, 6.45) is -2.93. The van der Waals surface area contributed by atoms with Crippen LogP contribution >= 0.6 is 22.9 Å². The third-order valence-electron chi connectivity index (χ3n) is 6.47. The number of halogens is 4. The molecule has 0 radical (unpaired) electrons. The monoisotopic (exact) mass is 598 g/mol. The lowest BCUT2D eigenvalue weighted by Crippen LogP contribution is -2.45. The summed E-state index contributed by atoms with van der Waals surface area (Å²) >= 11 is 7.60. The number of fused-ring (bicyclic) bond motifs is 1. The summed E-state index contributed by atoms with van der Waals surface area (Å²) in [6, 6.07) is 10.9. The number of pyridine rings is 2. The van der Waals surface area contributed by atoms with Gasteiger partial charge in [0, 0.05) is 21.3 Å². The van der Waals surface area contributed by atoms with Gasteiger partial charge in [0.25, 0.3) is 0 Å². The van der Waals surface area contributed by atoms with E-state index in [1.54, 1.807) is 24.3 Å². The van der Waals surface area contributed by atoms with Crippen molar-refractivity contribution in [2.45, 2.75) is 35.9 Å². The van der Waals surface area contributed by atoms with Crippen molar-refractivity contribution in [3.63, 3.8) is 0 Å². The Labute approximate surface area is 230 Å². The molecule has 1 fully saturated rings. The predicted molar refractivity (Wildman–Crippen MR) is 143 cm³/mol. The first-order valence-corrected chi connectivity index (χ1v) is 14.4. The summed E-state index contributed by atoms with van der Waals surface area (Å²) in [6.45, 7) is -1.57. The normalized spacial score (nSPS) is 16.8. The van der Waals surface area contributed by atoms with E-state index in [1.807, 2.05) is 0 Å². The fraction of sp³-hybridized carbons (Fsp3) is 0.280. The first-order valence-electron chi connectivity index (χ1n) is 11.7. The number of anilines is 1. The zero-order chi connectivity index (χ0) is 28.2. The van der Waals surface area contributed by atoms with E-state index in [2.05, 4.69) is 14.7 Å². The number of hydrogen-bond donors (Lipinski definition) is 4. The molecule has 0 saturated heterocycles. The molecule has 14 heteroatoms. The SMILES string of the molecule is Nc1ccc(Cl)c(C(NS(=O)(=O)C2CC2)c2cc3cccc(-c4cc([C@@](O)(CO)C(F)(F)F)ccn4)c3s2)n1. The predicted octanol–water partition coefficient (Wildman–Crippen LogP) is 4.51. The van der Waals surface area contributed by atoms with Crippen LogP contribution in [0.1, 0.15) is 35.0 Å². The molecule has 1 saturated carbocycles. The van der Waals surface area contributed by atoms with Gasteiger partial charge in [0.2, 0.25) is 15.6 Å².